The molecule has 0 unspecified atom stereocenters. The van der Waals surface area contributed by atoms with Crippen molar-refractivity contribution in [2.24, 2.45) is 0 Å². The number of benzene rings is 1. The van der Waals surface area contributed by atoms with Crippen molar-refractivity contribution in [3.05, 3.63) is 59.8 Å². The zero-order valence-electron chi connectivity index (χ0n) is 20.4. The summed E-state index contributed by atoms with van der Waals surface area (Å²) < 4.78 is 14.5. The molecule has 0 radical (unpaired) electrons. The van der Waals surface area contributed by atoms with E-state index in [0.29, 0.717) is 39.8 Å². The van der Waals surface area contributed by atoms with E-state index in [2.05, 4.69) is 44.3 Å². The molecule has 1 aliphatic rings. The Balaban J connectivity index is 0.00000160. The van der Waals surface area contributed by atoms with E-state index in [1.54, 1.807) is 6.07 Å². The lowest BCUT2D eigenvalue weighted by molar-refractivity contribution is 0.179. The van der Waals surface area contributed by atoms with Crippen molar-refractivity contribution in [3.8, 4) is 22.6 Å². The lowest BCUT2D eigenvalue weighted by Gasteiger charge is -2.36. The molecule has 3 N–H and O–H groups in total. The maximum Gasteiger partial charge on any atom is 0.132 e. The van der Waals surface area contributed by atoms with Gasteiger partial charge in [-0.1, -0.05) is 11.6 Å². The molecule has 3 aromatic heterocycles. The zero-order chi connectivity index (χ0) is 23.7. The van der Waals surface area contributed by atoms with Crippen molar-refractivity contribution in [1.82, 2.24) is 30.2 Å². The molecule has 4 heterocycles. The number of hydrogen-bond acceptors (Lipinski definition) is 6. The van der Waals surface area contributed by atoms with Gasteiger partial charge in [-0.3, -0.25) is 9.88 Å². The maximum absolute atomic E-state index is 14.5. The molecule has 5 rings (SSSR count). The molecule has 1 saturated heterocycles. The summed E-state index contributed by atoms with van der Waals surface area (Å²) >= 11 is 6.09. The summed E-state index contributed by atoms with van der Waals surface area (Å²) in [6.07, 6.45) is 3.36. The lowest BCUT2D eigenvalue weighted by Crippen LogP contribution is -2.54. The van der Waals surface area contributed by atoms with Crippen LogP contribution in [0, 0.1) is 5.82 Å². The molecule has 0 amide bonds. The summed E-state index contributed by atoms with van der Waals surface area (Å²) in [4.78, 5) is 19.2. The second-order valence-electron chi connectivity index (χ2n) is 8.86. The van der Waals surface area contributed by atoms with Crippen LogP contribution in [0.1, 0.15) is 13.8 Å². The topological polar surface area (TPSA) is 81.8 Å². The average Bonchev–Trinajstić information content (AvgIpc) is 3.29. The quantitative estimate of drug-likeness (QED) is 0.262. The molecule has 4 aromatic rings. The van der Waals surface area contributed by atoms with E-state index < -0.39 is 0 Å². The summed E-state index contributed by atoms with van der Waals surface area (Å²) in [5.74, 6) is -0.389. The van der Waals surface area contributed by atoms with Crippen molar-refractivity contribution in [2.45, 2.75) is 25.9 Å². The Hall–Kier alpha value is -2.20. The van der Waals surface area contributed by atoms with Gasteiger partial charge in [-0.05, 0) is 50.2 Å². The largest absolute Gasteiger partial charge is 0.382 e. The summed E-state index contributed by atoms with van der Waals surface area (Å²) in [5, 5.41) is 7.48. The van der Waals surface area contributed by atoms with Crippen molar-refractivity contribution in [1.29, 1.82) is 0 Å². The van der Waals surface area contributed by atoms with Crippen molar-refractivity contribution in [2.75, 3.05) is 31.5 Å². The number of aromatic amines is 1. The SMILES string of the molecule is C[C@@H]1CN(CCNc2cnc3ccc(-c4[nH]cnc4-c4cc(Cl)ccc4F)nc3c2)C[C@H](C)N1.Cl.Cl.Cl. The Morgan fingerprint density at radius 3 is 2.54 bits per heavy atom. The number of nitrogens with zero attached hydrogens (tertiary/aromatic N) is 4. The monoisotopic (exact) mass is 587 g/mol. The lowest BCUT2D eigenvalue weighted by atomic mass is 10.1. The molecule has 37 heavy (non-hydrogen) atoms. The van der Waals surface area contributed by atoms with Crippen LogP contribution in [0.2, 0.25) is 5.02 Å². The number of aromatic nitrogens is 4. The summed E-state index contributed by atoms with van der Waals surface area (Å²) in [7, 11) is 0. The van der Waals surface area contributed by atoms with E-state index in [4.69, 9.17) is 16.6 Å². The van der Waals surface area contributed by atoms with Gasteiger partial charge in [0.15, 0.2) is 0 Å². The Kier molecular flexibility index (Phi) is 11.4. The number of imidazole rings is 1. The minimum absolute atomic E-state index is 0. The van der Waals surface area contributed by atoms with Crippen LogP contribution in [0.5, 0.6) is 0 Å². The zero-order valence-corrected chi connectivity index (χ0v) is 23.6. The second-order valence-corrected chi connectivity index (χ2v) is 9.30. The predicted octanol–water partition coefficient (Wildman–Crippen LogP) is 5.84. The van der Waals surface area contributed by atoms with Crippen LogP contribution in [0.25, 0.3) is 33.7 Å². The number of hydrogen-bond donors (Lipinski definition) is 3. The van der Waals surface area contributed by atoms with E-state index in [0.717, 1.165) is 42.9 Å². The van der Waals surface area contributed by atoms with Gasteiger partial charge < -0.3 is 15.6 Å². The molecule has 1 aromatic carbocycles. The summed E-state index contributed by atoms with van der Waals surface area (Å²) in [6.45, 7) is 8.33. The maximum atomic E-state index is 14.5. The standard InChI is InChI=1S/C25H27ClFN7.3ClH/c1-15-12-34(13-16(2)32-15)8-7-28-18-10-23-21(29-11-18)5-6-22(33-23)25-24(30-14-31-25)19-9-17(26)3-4-20(19)27;;;/h3-6,9-11,14-16,28,32H,7-8,12-13H2,1-2H3,(H,30,31);3*1H/t15-,16+;;;. The molecule has 0 aliphatic carbocycles. The van der Waals surface area contributed by atoms with Crippen molar-refractivity contribution >= 4 is 65.5 Å². The smallest absolute Gasteiger partial charge is 0.132 e. The molecule has 1 fully saturated rings. The molecule has 7 nitrogen and oxygen atoms in total. The van der Waals surface area contributed by atoms with Crippen LogP contribution < -0.4 is 10.6 Å². The molecular weight excluding hydrogens is 559 g/mol. The Morgan fingerprint density at radius 1 is 1.03 bits per heavy atom. The number of halogens is 5. The van der Waals surface area contributed by atoms with E-state index in [1.807, 2.05) is 24.4 Å². The first-order valence-electron chi connectivity index (χ1n) is 11.4. The number of H-pyrrole nitrogens is 1. The molecule has 0 spiro atoms. The third-order valence-corrected chi connectivity index (χ3v) is 6.24. The molecule has 0 bridgehead atoms. The van der Waals surface area contributed by atoms with Crippen molar-refractivity contribution in [3.63, 3.8) is 0 Å². The predicted molar refractivity (Wildman–Crippen MR) is 156 cm³/mol. The van der Waals surface area contributed by atoms with Gasteiger partial charge in [-0.2, -0.15) is 0 Å². The number of pyridine rings is 2. The van der Waals surface area contributed by atoms with E-state index >= 15 is 0 Å². The normalized spacial score (nSPS) is 17.4. The highest BCUT2D eigenvalue weighted by Crippen LogP contribution is 2.32. The highest BCUT2D eigenvalue weighted by atomic mass is 35.5. The molecular formula is C25H30Cl4FN7. The summed E-state index contributed by atoms with van der Waals surface area (Å²) in [5.41, 5.74) is 4.53. The molecule has 1 aliphatic heterocycles. The fraction of sp³-hybridized carbons (Fsp3) is 0.320. The number of rotatable bonds is 6. The fourth-order valence-corrected chi connectivity index (χ4v) is 4.77. The number of fused-ring (bicyclic) bond motifs is 1. The summed E-state index contributed by atoms with van der Waals surface area (Å²) in [6, 6.07) is 11.2. The Morgan fingerprint density at radius 2 is 1.78 bits per heavy atom. The molecule has 2 atom stereocenters. The van der Waals surface area contributed by atoms with Crippen LogP contribution in [0.15, 0.2) is 48.9 Å². The third-order valence-electron chi connectivity index (χ3n) is 6.01. The van der Waals surface area contributed by atoms with Crippen LogP contribution in [0.4, 0.5) is 10.1 Å². The minimum atomic E-state index is -0.389. The van der Waals surface area contributed by atoms with Crippen LogP contribution in [-0.4, -0.2) is 63.1 Å². The first-order chi connectivity index (χ1) is 16.5. The van der Waals surface area contributed by atoms with Gasteiger partial charge in [0, 0.05) is 48.8 Å². The Labute approximate surface area is 239 Å². The first-order valence-corrected chi connectivity index (χ1v) is 11.8. The van der Waals surface area contributed by atoms with Gasteiger partial charge in [-0.25, -0.2) is 14.4 Å². The van der Waals surface area contributed by atoms with Crippen LogP contribution in [-0.2, 0) is 0 Å². The third kappa shape index (κ3) is 7.22. The van der Waals surface area contributed by atoms with Gasteiger partial charge in [0.25, 0.3) is 0 Å². The highest BCUT2D eigenvalue weighted by Gasteiger charge is 2.20. The van der Waals surface area contributed by atoms with Gasteiger partial charge >= 0.3 is 0 Å². The van der Waals surface area contributed by atoms with Gasteiger partial charge in [0.05, 0.1) is 40.6 Å². The fourth-order valence-electron chi connectivity index (χ4n) is 4.60. The van der Waals surface area contributed by atoms with Gasteiger partial charge in [-0.15, -0.1) is 37.2 Å². The van der Waals surface area contributed by atoms with Crippen LogP contribution >= 0.6 is 48.8 Å². The molecule has 200 valence electrons. The van der Waals surface area contributed by atoms with Gasteiger partial charge in [0.1, 0.15) is 11.5 Å². The van der Waals surface area contributed by atoms with E-state index in [9.17, 15) is 4.39 Å². The second kappa shape index (κ2) is 13.6. The van der Waals surface area contributed by atoms with Crippen molar-refractivity contribution < 1.29 is 4.39 Å². The van der Waals surface area contributed by atoms with Crippen LogP contribution in [0.3, 0.4) is 0 Å². The Bertz CT molecular complexity index is 1310. The number of anilines is 1. The average molecular weight is 589 g/mol. The molecule has 0 saturated carbocycles. The first kappa shape index (κ1) is 31.0. The number of piperazine rings is 1. The minimum Gasteiger partial charge on any atom is -0.382 e. The van der Waals surface area contributed by atoms with Gasteiger partial charge in [0.2, 0.25) is 0 Å². The van der Waals surface area contributed by atoms with E-state index in [1.165, 1.54) is 18.5 Å². The number of nitrogens with one attached hydrogen (secondary N) is 3. The van der Waals surface area contributed by atoms with E-state index in [-0.39, 0.29) is 43.0 Å². The highest BCUT2D eigenvalue weighted by molar-refractivity contribution is 6.30. The molecule has 12 heteroatoms.